The van der Waals surface area contributed by atoms with Gasteiger partial charge in [-0.1, -0.05) is 12.1 Å². The lowest BCUT2D eigenvalue weighted by atomic mass is 10.1. The molecular formula is C13H12N2O2. The van der Waals surface area contributed by atoms with E-state index < -0.39 is 0 Å². The maximum Gasteiger partial charge on any atom is 0.228 e. The number of rotatable bonds is 4. The maximum atomic E-state index is 12.0. The van der Waals surface area contributed by atoms with Crippen LogP contribution in [-0.4, -0.2) is 21.9 Å². The van der Waals surface area contributed by atoms with Crippen molar-refractivity contribution in [3.63, 3.8) is 0 Å². The van der Waals surface area contributed by atoms with Crippen molar-refractivity contribution in [3.05, 3.63) is 48.0 Å². The van der Waals surface area contributed by atoms with E-state index >= 15 is 0 Å². The third-order valence-electron chi connectivity index (χ3n) is 2.64. The van der Waals surface area contributed by atoms with Crippen LogP contribution in [0.2, 0.25) is 0 Å². The van der Waals surface area contributed by atoms with Crippen LogP contribution in [0.5, 0.6) is 5.75 Å². The predicted octanol–water partition coefficient (Wildman–Crippen LogP) is 2.18. The number of aromatic amines is 1. The van der Waals surface area contributed by atoms with Crippen LogP contribution in [0.1, 0.15) is 29.0 Å². The summed E-state index contributed by atoms with van der Waals surface area (Å²) >= 11 is 0. The molecule has 17 heavy (non-hydrogen) atoms. The summed E-state index contributed by atoms with van der Waals surface area (Å²) in [5.41, 5.74) is 0.595. The van der Waals surface area contributed by atoms with Gasteiger partial charge in [-0.05, 0) is 25.0 Å². The van der Waals surface area contributed by atoms with E-state index in [0.29, 0.717) is 17.5 Å². The summed E-state index contributed by atoms with van der Waals surface area (Å²) in [6, 6.07) is 7.24. The van der Waals surface area contributed by atoms with Crippen molar-refractivity contribution in [2.45, 2.75) is 18.9 Å². The maximum absolute atomic E-state index is 12.0. The molecule has 0 atom stereocenters. The second-order valence-corrected chi connectivity index (χ2v) is 4.11. The molecule has 0 unspecified atom stereocenters. The van der Waals surface area contributed by atoms with Crippen molar-refractivity contribution in [3.8, 4) is 5.75 Å². The Balaban J connectivity index is 1.84. The lowest BCUT2D eigenvalue weighted by Crippen LogP contribution is -2.04. The molecule has 1 aliphatic rings. The van der Waals surface area contributed by atoms with Crippen molar-refractivity contribution in [1.29, 1.82) is 0 Å². The zero-order valence-corrected chi connectivity index (χ0v) is 9.22. The Morgan fingerprint density at radius 2 is 2.29 bits per heavy atom. The number of benzene rings is 1. The number of nitrogens with one attached hydrogen (secondary N) is 1. The molecule has 0 spiro atoms. The second-order valence-electron chi connectivity index (χ2n) is 4.11. The molecule has 2 aromatic rings. The van der Waals surface area contributed by atoms with Crippen LogP contribution in [0.3, 0.4) is 0 Å². The van der Waals surface area contributed by atoms with Gasteiger partial charge in [0.05, 0.1) is 6.10 Å². The molecule has 1 aromatic heterocycles. The van der Waals surface area contributed by atoms with Gasteiger partial charge < -0.3 is 9.72 Å². The fourth-order valence-corrected chi connectivity index (χ4v) is 1.62. The Morgan fingerprint density at radius 1 is 1.41 bits per heavy atom. The Bertz CT molecular complexity index is 530. The molecule has 0 amide bonds. The highest BCUT2D eigenvalue weighted by atomic mass is 16.5. The molecule has 1 fully saturated rings. The SMILES string of the molecule is O=C(c1cccc(OC2CC2)c1)c1ncc[nH]1. The molecule has 1 N–H and O–H groups in total. The number of imidazole rings is 1. The first-order valence-electron chi connectivity index (χ1n) is 5.64. The average Bonchev–Trinajstić information content (AvgIpc) is 2.99. The van der Waals surface area contributed by atoms with Gasteiger partial charge in [0.1, 0.15) is 5.75 Å². The molecule has 3 rings (SSSR count). The normalized spacial score (nSPS) is 14.6. The van der Waals surface area contributed by atoms with E-state index in [-0.39, 0.29) is 5.78 Å². The van der Waals surface area contributed by atoms with E-state index in [0.717, 1.165) is 18.6 Å². The minimum atomic E-state index is -0.115. The average molecular weight is 228 g/mol. The molecule has 1 aliphatic carbocycles. The fraction of sp³-hybridized carbons (Fsp3) is 0.231. The third kappa shape index (κ3) is 2.20. The van der Waals surface area contributed by atoms with Crippen LogP contribution in [0.4, 0.5) is 0 Å². The standard InChI is InChI=1S/C13H12N2O2/c16-12(13-14-6-7-15-13)9-2-1-3-11(8-9)17-10-4-5-10/h1-3,6-8,10H,4-5H2,(H,14,15). The van der Waals surface area contributed by atoms with Gasteiger partial charge in [-0.2, -0.15) is 0 Å². The van der Waals surface area contributed by atoms with Crippen molar-refractivity contribution in [1.82, 2.24) is 9.97 Å². The molecule has 0 bridgehead atoms. The highest BCUT2D eigenvalue weighted by molar-refractivity contribution is 6.06. The Morgan fingerprint density at radius 3 is 3.00 bits per heavy atom. The number of carbonyl (C=O) groups is 1. The van der Waals surface area contributed by atoms with E-state index in [9.17, 15) is 4.79 Å². The van der Waals surface area contributed by atoms with Gasteiger partial charge in [0.2, 0.25) is 5.78 Å². The molecule has 1 heterocycles. The number of hydrogen-bond acceptors (Lipinski definition) is 3. The minimum Gasteiger partial charge on any atom is -0.490 e. The van der Waals surface area contributed by atoms with Crippen molar-refractivity contribution in [2.75, 3.05) is 0 Å². The lowest BCUT2D eigenvalue weighted by molar-refractivity contribution is 0.103. The van der Waals surface area contributed by atoms with Crippen LogP contribution in [0, 0.1) is 0 Å². The highest BCUT2D eigenvalue weighted by Gasteiger charge is 2.23. The summed E-state index contributed by atoms with van der Waals surface area (Å²) in [6.45, 7) is 0. The number of nitrogens with zero attached hydrogens (tertiary/aromatic N) is 1. The smallest absolute Gasteiger partial charge is 0.228 e. The van der Waals surface area contributed by atoms with Crippen LogP contribution >= 0.6 is 0 Å². The molecule has 1 aromatic carbocycles. The summed E-state index contributed by atoms with van der Waals surface area (Å²) in [5, 5.41) is 0. The number of aromatic nitrogens is 2. The zero-order valence-electron chi connectivity index (χ0n) is 9.22. The Kier molecular flexibility index (Phi) is 2.40. The predicted molar refractivity (Wildman–Crippen MR) is 62.1 cm³/mol. The topological polar surface area (TPSA) is 55.0 Å². The van der Waals surface area contributed by atoms with Gasteiger partial charge in [-0.15, -0.1) is 0 Å². The monoisotopic (exact) mass is 228 g/mol. The van der Waals surface area contributed by atoms with E-state index in [2.05, 4.69) is 9.97 Å². The van der Waals surface area contributed by atoms with Gasteiger partial charge in [0.15, 0.2) is 5.82 Å². The molecule has 0 saturated heterocycles. The summed E-state index contributed by atoms with van der Waals surface area (Å²) in [7, 11) is 0. The molecule has 4 nitrogen and oxygen atoms in total. The molecule has 0 radical (unpaired) electrons. The molecular weight excluding hydrogens is 216 g/mol. The molecule has 86 valence electrons. The first-order valence-corrected chi connectivity index (χ1v) is 5.64. The first kappa shape index (κ1) is 10.1. The molecule has 1 saturated carbocycles. The zero-order chi connectivity index (χ0) is 11.7. The summed E-state index contributed by atoms with van der Waals surface area (Å²) < 4.78 is 5.65. The van der Waals surface area contributed by atoms with Gasteiger partial charge >= 0.3 is 0 Å². The van der Waals surface area contributed by atoms with Crippen LogP contribution in [0.25, 0.3) is 0 Å². The molecule has 0 aliphatic heterocycles. The van der Waals surface area contributed by atoms with Gasteiger partial charge in [-0.3, -0.25) is 4.79 Å². The van der Waals surface area contributed by atoms with Gasteiger partial charge in [-0.25, -0.2) is 4.98 Å². The van der Waals surface area contributed by atoms with Crippen LogP contribution < -0.4 is 4.74 Å². The van der Waals surface area contributed by atoms with Crippen molar-refractivity contribution < 1.29 is 9.53 Å². The van der Waals surface area contributed by atoms with Gasteiger partial charge in [0.25, 0.3) is 0 Å². The second kappa shape index (κ2) is 4.05. The highest BCUT2D eigenvalue weighted by Crippen LogP contribution is 2.27. The number of H-pyrrole nitrogens is 1. The number of carbonyl (C=O) groups excluding carboxylic acids is 1. The summed E-state index contributed by atoms with van der Waals surface area (Å²) in [6.07, 6.45) is 5.76. The largest absolute Gasteiger partial charge is 0.490 e. The number of ether oxygens (including phenoxy) is 1. The number of hydrogen-bond donors (Lipinski definition) is 1. The first-order chi connectivity index (χ1) is 8.33. The van der Waals surface area contributed by atoms with Crippen molar-refractivity contribution >= 4 is 5.78 Å². The van der Waals surface area contributed by atoms with E-state index in [4.69, 9.17) is 4.74 Å². The minimum absolute atomic E-state index is 0.115. The van der Waals surface area contributed by atoms with E-state index in [1.807, 2.05) is 12.1 Å². The lowest BCUT2D eigenvalue weighted by Gasteiger charge is -2.05. The number of ketones is 1. The molecule has 4 heteroatoms. The summed E-state index contributed by atoms with van der Waals surface area (Å²) in [5.74, 6) is 0.995. The van der Waals surface area contributed by atoms with Crippen molar-refractivity contribution in [2.24, 2.45) is 0 Å². The van der Waals surface area contributed by atoms with E-state index in [1.165, 1.54) is 0 Å². The fourth-order valence-electron chi connectivity index (χ4n) is 1.62. The summed E-state index contributed by atoms with van der Waals surface area (Å²) in [4.78, 5) is 18.8. The quantitative estimate of drug-likeness (QED) is 0.816. The van der Waals surface area contributed by atoms with Crippen LogP contribution in [0.15, 0.2) is 36.7 Å². The van der Waals surface area contributed by atoms with Gasteiger partial charge in [0, 0.05) is 18.0 Å². The Hall–Kier alpha value is -2.10. The van der Waals surface area contributed by atoms with E-state index in [1.54, 1.807) is 24.5 Å². The van der Waals surface area contributed by atoms with Crippen LogP contribution in [-0.2, 0) is 0 Å². The Labute approximate surface area is 98.6 Å². The third-order valence-corrected chi connectivity index (χ3v) is 2.64.